The predicted molar refractivity (Wildman–Crippen MR) is 172 cm³/mol. The van der Waals surface area contributed by atoms with Crippen LogP contribution in [0.25, 0.3) is 0 Å². The van der Waals surface area contributed by atoms with Crippen LogP contribution in [-0.2, 0) is 14.3 Å². The van der Waals surface area contributed by atoms with Crippen LogP contribution in [0.4, 0.5) is 10.5 Å². The lowest BCUT2D eigenvalue weighted by Crippen LogP contribution is -2.57. The van der Waals surface area contributed by atoms with Gasteiger partial charge in [-0.05, 0) is 89.0 Å². The van der Waals surface area contributed by atoms with Crippen molar-refractivity contribution in [3.05, 3.63) is 64.2 Å². The molecule has 3 amide bonds. The number of amides is 3. The molecular formula is C34H50ClN3O4. The molecule has 8 heteroatoms. The standard InChI is InChI=1S/C34H50ClN3O4/c1-11-22(4)29(37-33(41)42-34(8,9)10)32(40)38(25(7)20-19-21(2)3)30(26-17-13-12-15-23(26)5)31(39)36-28-24(6)16-14-18-27(28)35/h12-18,21-22,25,29-30H,11,19-20H2,1-10H3,(H,36,39)(H,37,41). The Morgan fingerprint density at radius 2 is 1.55 bits per heavy atom. The fourth-order valence-corrected chi connectivity index (χ4v) is 5.15. The lowest BCUT2D eigenvalue weighted by atomic mass is 9.92. The van der Waals surface area contributed by atoms with Crippen molar-refractivity contribution >= 4 is 35.2 Å². The van der Waals surface area contributed by atoms with Crippen molar-refractivity contribution in [2.24, 2.45) is 11.8 Å². The fraction of sp³-hybridized carbons (Fsp3) is 0.559. The first-order chi connectivity index (χ1) is 19.6. The first-order valence-electron chi connectivity index (χ1n) is 15.0. The summed E-state index contributed by atoms with van der Waals surface area (Å²) in [4.78, 5) is 43.7. The number of halogens is 1. The second kappa shape index (κ2) is 15.4. The van der Waals surface area contributed by atoms with Crippen molar-refractivity contribution in [2.45, 2.75) is 112 Å². The van der Waals surface area contributed by atoms with Crippen LogP contribution < -0.4 is 10.6 Å². The molecule has 0 aromatic heterocycles. The van der Waals surface area contributed by atoms with E-state index in [0.717, 1.165) is 17.5 Å². The van der Waals surface area contributed by atoms with Gasteiger partial charge in [0.25, 0.3) is 5.91 Å². The molecule has 0 saturated heterocycles. The summed E-state index contributed by atoms with van der Waals surface area (Å²) >= 11 is 6.51. The van der Waals surface area contributed by atoms with E-state index in [1.54, 1.807) is 31.7 Å². The van der Waals surface area contributed by atoms with Crippen molar-refractivity contribution in [3.63, 3.8) is 0 Å². The first kappa shape index (κ1) is 35.1. The highest BCUT2D eigenvalue weighted by Gasteiger charge is 2.41. The number of carbonyl (C=O) groups excluding carboxylic acids is 3. The molecule has 0 radical (unpaired) electrons. The maximum absolute atomic E-state index is 14.7. The van der Waals surface area contributed by atoms with Crippen LogP contribution in [0.1, 0.15) is 97.4 Å². The molecule has 7 nitrogen and oxygen atoms in total. The second-order valence-corrected chi connectivity index (χ2v) is 13.2. The third-order valence-corrected chi connectivity index (χ3v) is 7.84. The second-order valence-electron chi connectivity index (χ2n) is 12.8. The van der Waals surface area contributed by atoms with Gasteiger partial charge in [-0.1, -0.05) is 82.1 Å². The minimum absolute atomic E-state index is 0.212. The van der Waals surface area contributed by atoms with E-state index in [1.165, 1.54) is 0 Å². The molecule has 4 unspecified atom stereocenters. The van der Waals surface area contributed by atoms with Crippen molar-refractivity contribution in [1.82, 2.24) is 10.2 Å². The summed E-state index contributed by atoms with van der Waals surface area (Å²) in [7, 11) is 0. The number of ether oxygens (including phenoxy) is 1. The van der Waals surface area contributed by atoms with E-state index in [9.17, 15) is 14.4 Å². The Morgan fingerprint density at radius 1 is 0.929 bits per heavy atom. The quantitative estimate of drug-likeness (QED) is 0.257. The maximum atomic E-state index is 14.7. The van der Waals surface area contributed by atoms with Gasteiger partial charge in [-0.2, -0.15) is 0 Å². The van der Waals surface area contributed by atoms with Crippen LogP contribution in [0.5, 0.6) is 0 Å². The number of hydrogen-bond donors (Lipinski definition) is 2. The number of nitrogens with zero attached hydrogens (tertiary/aromatic N) is 1. The zero-order valence-corrected chi connectivity index (χ0v) is 27.8. The molecule has 0 heterocycles. The summed E-state index contributed by atoms with van der Waals surface area (Å²) in [5.74, 6) is -0.501. The predicted octanol–water partition coefficient (Wildman–Crippen LogP) is 8.23. The molecule has 0 fully saturated rings. The molecule has 0 aliphatic heterocycles. The summed E-state index contributed by atoms with van der Waals surface area (Å²) in [6.07, 6.45) is 1.52. The van der Waals surface area contributed by atoms with Crippen molar-refractivity contribution in [1.29, 1.82) is 0 Å². The smallest absolute Gasteiger partial charge is 0.408 e. The summed E-state index contributed by atoms with van der Waals surface area (Å²) in [5.41, 5.74) is 2.19. The van der Waals surface area contributed by atoms with Gasteiger partial charge in [-0.15, -0.1) is 0 Å². The highest BCUT2D eigenvalue weighted by atomic mass is 35.5. The van der Waals surface area contributed by atoms with Gasteiger partial charge >= 0.3 is 6.09 Å². The molecule has 2 aromatic carbocycles. The molecule has 0 aliphatic carbocycles. The van der Waals surface area contributed by atoms with Gasteiger partial charge in [-0.25, -0.2) is 4.79 Å². The molecular weight excluding hydrogens is 550 g/mol. The first-order valence-corrected chi connectivity index (χ1v) is 15.4. The average Bonchev–Trinajstić information content (AvgIpc) is 2.89. The number of nitrogens with one attached hydrogen (secondary N) is 2. The normalized spacial score (nSPS) is 14.5. The summed E-state index contributed by atoms with van der Waals surface area (Å²) in [5, 5.41) is 6.30. The van der Waals surface area contributed by atoms with E-state index < -0.39 is 23.8 Å². The van der Waals surface area contributed by atoms with Crippen molar-refractivity contribution in [3.8, 4) is 0 Å². The van der Waals surface area contributed by atoms with Crippen LogP contribution in [0.3, 0.4) is 0 Å². The Hall–Kier alpha value is -3.06. The zero-order chi connectivity index (χ0) is 31.8. The minimum Gasteiger partial charge on any atom is -0.444 e. The Kier molecular flexibility index (Phi) is 12.9. The number of anilines is 1. The van der Waals surface area contributed by atoms with Gasteiger partial charge in [0.05, 0.1) is 10.7 Å². The Labute approximate surface area is 257 Å². The Balaban J connectivity index is 2.71. The lowest BCUT2D eigenvalue weighted by molar-refractivity contribution is -0.144. The van der Waals surface area contributed by atoms with E-state index >= 15 is 0 Å². The number of rotatable bonds is 12. The topological polar surface area (TPSA) is 87.7 Å². The van der Waals surface area contributed by atoms with Crippen LogP contribution in [0.2, 0.25) is 5.02 Å². The molecule has 4 atom stereocenters. The van der Waals surface area contributed by atoms with E-state index in [4.69, 9.17) is 16.3 Å². The van der Waals surface area contributed by atoms with E-state index in [1.807, 2.05) is 71.0 Å². The molecule has 2 aromatic rings. The average molecular weight is 600 g/mol. The van der Waals surface area contributed by atoms with E-state index in [0.29, 0.717) is 35.0 Å². The van der Waals surface area contributed by atoms with Gasteiger partial charge in [0.1, 0.15) is 17.7 Å². The number of alkyl carbamates (subject to hydrolysis) is 1. The zero-order valence-electron chi connectivity index (χ0n) is 27.0. The number of hydrogen-bond acceptors (Lipinski definition) is 4. The SMILES string of the molecule is CCC(C)C(NC(=O)OC(C)(C)C)C(=O)N(C(C)CCC(C)C)C(C(=O)Nc1c(C)cccc1Cl)c1ccccc1C. The van der Waals surface area contributed by atoms with E-state index in [2.05, 4.69) is 24.5 Å². The van der Waals surface area contributed by atoms with Gasteiger partial charge in [-0.3, -0.25) is 9.59 Å². The van der Waals surface area contributed by atoms with Crippen LogP contribution in [0, 0.1) is 25.7 Å². The fourth-order valence-electron chi connectivity index (χ4n) is 4.88. The number of carbonyl (C=O) groups is 3. The number of aryl methyl sites for hydroxylation is 2. The van der Waals surface area contributed by atoms with Gasteiger partial charge in [0.15, 0.2) is 0 Å². The molecule has 0 aliphatic rings. The number of para-hydroxylation sites is 1. The van der Waals surface area contributed by atoms with Crippen molar-refractivity contribution < 1.29 is 19.1 Å². The Bertz CT molecular complexity index is 1200. The molecule has 232 valence electrons. The minimum atomic E-state index is -0.969. The molecule has 2 rings (SSSR count). The Morgan fingerprint density at radius 3 is 2.10 bits per heavy atom. The summed E-state index contributed by atoms with van der Waals surface area (Å²) in [6.45, 7) is 19.3. The largest absolute Gasteiger partial charge is 0.444 e. The highest BCUT2D eigenvalue weighted by Crippen LogP contribution is 2.33. The monoisotopic (exact) mass is 599 g/mol. The number of benzene rings is 2. The van der Waals surface area contributed by atoms with Gasteiger partial charge in [0.2, 0.25) is 5.91 Å². The molecule has 0 saturated carbocycles. The summed E-state index contributed by atoms with van der Waals surface area (Å²) in [6, 6.07) is 10.9. The highest BCUT2D eigenvalue weighted by molar-refractivity contribution is 6.34. The summed E-state index contributed by atoms with van der Waals surface area (Å²) < 4.78 is 5.53. The lowest BCUT2D eigenvalue weighted by Gasteiger charge is -2.40. The third-order valence-electron chi connectivity index (χ3n) is 7.52. The molecule has 0 bridgehead atoms. The molecule has 42 heavy (non-hydrogen) atoms. The third kappa shape index (κ3) is 9.75. The van der Waals surface area contributed by atoms with Gasteiger partial charge in [0, 0.05) is 6.04 Å². The molecule has 2 N–H and O–H groups in total. The van der Waals surface area contributed by atoms with E-state index in [-0.39, 0.29) is 23.8 Å². The maximum Gasteiger partial charge on any atom is 0.408 e. The van der Waals surface area contributed by atoms with Crippen LogP contribution in [0.15, 0.2) is 42.5 Å². The van der Waals surface area contributed by atoms with Gasteiger partial charge < -0.3 is 20.3 Å². The van der Waals surface area contributed by atoms with Crippen LogP contribution >= 0.6 is 11.6 Å². The van der Waals surface area contributed by atoms with Crippen molar-refractivity contribution in [2.75, 3.05) is 5.32 Å². The molecule has 0 spiro atoms. The van der Waals surface area contributed by atoms with Crippen LogP contribution in [-0.4, -0.2) is 40.5 Å².